The molecule has 2 aromatic heterocycles. The molecule has 35 heavy (non-hydrogen) atoms. The lowest BCUT2D eigenvalue weighted by Gasteiger charge is -2.11. The summed E-state index contributed by atoms with van der Waals surface area (Å²) in [6.07, 6.45) is 4.66. The zero-order valence-electron chi connectivity index (χ0n) is 19.2. The molecule has 7 nitrogen and oxygen atoms in total. The van der Waals surface area contributed by atoms with E-state index in [1.807, 2.05) is 43.5 Å². The summed E-state index contributed by atoms with van der Waals surface area (Å²) in [4.78, 5) is 15.2. The van der Waals surface area contributed by atoms with Crippen molar-refractivity contribution in [1.82, 2.24) is 14.3 Å². The standard InChI is InChI=1S/C26H26FN3O4S/c1-18-23(16-20-3-2-12-28-17-20)24-15-19(5-11-26(31)32)4-10-25(24)30(18)14-13-29-35(33,34)22-8-6-21(27)7-9-22/h2-4,6-10,12,15,17,29H,5,11,13-14,16H2,1H3,(H,31,32). The van der Waals surface area contributed by atoms with Crippen LogP contribution in [0.4, 0.5) is 4.39 Å². The minimum atomic E-state index is -3.77. The lowest BCUT2D eigenvalue weighted by molar-refractivity contribution is -0.136. The summed E-state index contributed by atoms with van der Waals surface area (Å²) >= 11 is 0. The van der Waals surface area contributed by atoms with Crippen LogP contribution in [0.1, 0.15) is 28.8 Å². The summed E-state index contributed by atoms with van der Waals surface area (Å²) in [6.45, 7) is 2.54. The minimum absolute atomic E-state index is 0.00771. The van der Waals surface area contributed by atoms with E-state index in [0.29, 0.717) is 19.4 Å². The van der Waals surface area contributed by atoms with Crippen molar-refractivity contribution in [1.29, 1.82) is 0 Å². The SMILES string of the molecule is Cc1c(Cc2cccnc2)c2cc(CCC(=O)O)ccc2n1CCNS(=O)(=O)c1ccc(F)cc1. The number of carbonyl (C=O) groups is 1. The van der Waals surface area contributed by atoms with Crippen LogP contribution >= 0.6 is 0 Å². The fourth-order valence-electron chi connectivity index (χ4n) is 4.21. The van der Waals surface area contributed by atoms with Crippen LogP contribution < -0.4 is 4.72 Å². The lowest BCUT2D eigenvalue weighted by atomic mass is 10.0. The van der Waals surface area contributed by atoms with Gasteiger partial charge >= 0.3 is 5.97 Å². The molecule has 0 saturated heterocycles. The van der Waals surface area contributed by atoms with Crippen LogP contribution in [-0.2, 0) is 34.2 Å². The van der Waals surface area contributed by atoms with Crippen molar-refractivity contribution >= 4 is 26.9 Å². The third kappa shape index (κ3) is 5.75. The third-order valence-electron chi connectivity index (χ3n) is 6.00. The summed E-state index contributed by atoms with van der Waals surface area (Å²) in [5.74, 6) is -1.34. The molecule has 0 atom stereocenters. The highest BCUT2D eigenvalue weighted by Crippen LogP contribution is 2.29. The maximum atomic E-state index is 13.2. The Balaban J connectivity index is 1.63. The second-order valence-corrected chi connectivity index (χ2v) is 10.1. The molecule has 2 heterocycles. The highest BCUT2D eigenvalue weighted by Gasteiger charge is 2.17. The zero-order chi connectivity index (χ0) is 25.0. The number of benzene rings is 2. The van der Waals surface area contributed by atoms with E-state index >= 15 is 0 Å². The van der Waals surface area contributed by atoms with E-state index < -0.39 is 21.8 Å². The molecule has 0 amide bonds. The van der Waals surface area contributed by atoms with Gasteiger partial charge in [0.05, 0.1) is 4.90 Å². The monoisotopic (exact) mass is 495 g/mol. The number of hydrogen-bond acceptors (Lipinski definition) is 4. The lowest BCUT2D eigenvalue weighted by Crippen LogP contribution is -2.27. The van der Waals surface area contributed by atoms with Gasteiger partial charge in [-0.2, -0.15) is 0 Å². The fourth-order valence-corrected chi connectivity index (χ4v) is 5.23. The molecule has 0 aliphatic rings. The van der Waals surface area contributed by atoms with E-state index in [2.05, 4.69) is 14.3 Å². The van der Waals surface area contributed by atoms with Gasteiger partial charge in [-0.15, -0.1) is 0 Å². The maximum absolute atomic E-state index is 13.2. The fraction of sp³-hybridized carbons (Fsp3) is 0.231. The number of nitrogens with one attached hydrogen (secondary N) is 1. The van der Waals surface area contributed by atoms with Gasteiger partial charge in [-0.3, -0.25) is 9.78 Å². The first-order valence-corrected chi connectivity index (χ1v) is 12.7. The van der Waals surface area contributed by atoms with Crippen LogP contribution in [0, 0.1) is 12.7 Å². The average molecular weight is 496 g/mol. The van der Waals surface area contributed by atoms with Gasteiger partial charge in [0.15, 0.2) is 0 Å². The number of carboxylic acids is 1. The van der Waals surface area contributed by atoms with Crippen molar-refractivity contribution in [3.63, 3.8) is 0 Å². The van der Waals surface area contributed by atoms with Crippen LogP contribution in [0.5, 0.6) is 0 Å². The Morgan fingerprint density at radius 1 is 1.11 bits per heavy atom. The Morgan fingerprint density at radius 3 is 2.57 bits per heavy atom. The van der Waals surface area contributed by atoms with Gasteiger partial charge in [0, 0.05) is 54.9 Å². The molecule has 0 fully saturated rings. The summed E-state index contributed by atoms with van der Waals surface area (Å²) in [5, 5.41) is 10.1. The molecule has 0 aliphatic heterocycles. The molecule has 182 valence electrons. The topological polar surface area (TPSA) is 101 Å². The second kappa shape index (κ2) is 10.4. The predicted molar refractivity (Wildman–Crippen MR) is 131 cm³/mol. The van der Waals surface area contributed by atoms with Crippen LogP contribution in [0.25, 0.3) is 10.9 Å². The first-order chi connectivity index (χ1) is 16.7. The number of fused-ring (bicyclic) bond motifs is 1. The molecule has 2 N–H and O–H groups in total. The van der Waals surface area contributed by atoms with Crippen molar-refractivity contribution in [2.75, 3.05) is 6.54 Å². The Labute approximate surface area is 203 Å². The molecule has 0 unspecified atom stereocenters. The molecule has 4 aromatic rings. The second-order valence-electron chi connectivity index (χ2n) is 8.35. The van der Waals surface area contributed by atoms with Crippen LogP contribution in [-0.4, -0.2) is 35.6 Å². The number of pyridine rings is 1. The quantitative estimate of drug-likeness (QED) is 0.345. The number of rotatable bonds is 10. The van der Waals surface area contributed by atoms with E-state index in [1.54, 1.807) is 6.20 Å². The predicted octanol–water partition coefficient (Wildman–Crippen LogP) is 4.07. The number of aliphatic carboxylic acids is 1. The highest BCUT2D eigenvalue weighted by molar-refractivity contribution is 7.89. The molecule has 0 bridgehead atoms. The first-order valence-electron chi connectivity index (χ1n) is 11.2. The van der Waals surface area contributed by atoms with Crippen molar-refractivity contribution < 1.29 is 22.7 Å². The number of nitrogens with zero attached hydrogens (tertiary/aromatic N) is 2. The zero-order valence-corrected chi connectivity index (χ0v) is 20.1. The number of halogens is 1. The van der Waals surface area contributed by atoms with Crippen molar-refractivity contribution in [3.05, 3.63) is 95.2 Å². The van der Waals surface area contributed by atoms with Crippen LogP contribution in [0.15, 0.2) is 71.9 Å². The van der Waals surface area contributed by atoms with Crippen LogP contribution in [0.2, 0.25) is 0 Å². The Kier molecular flexibility index (Phi) is 7.28. The average Bonchev–Trinajstić information content (AvgIpc) is 3.09. The molecule has 9 heteroatoms. The van der Waals surface area contributed by atoms with Gasteiger partial charge in [-0.05, 0) is 72.5 Å². The van der Waals surface area contributed by atoms with E-state index in [9.17, 15) is 17.6 Å². The molecule has 0 saturated carbocycles. The summed E-state index contributed by atoms with van der Waals surface area (Å²) in [5.41, 5.74) is 5.01. The Morgan fingerprint density at radius 2 is 1.89 bits per heavy atom. The summed E-state index contributed by atoms with van der Waals surface area (Å²) in [6, 6.07) is 14.5. The molecule has 0 spiro atoms. The maximum Gasteiger partial charge on any atom is 0.303 e. The van der Waals surface area contributed by atoms with E-state index in [4.69, 9.17) is 5.11 Å². The van der Waals surface area contributed by atoms with E-state index in [1.165, 1.54) is 12.1 Å². The number of aromatic nitrogens is 2. The van der Waals surface area contributed by atoms with Gasteiger partial charge in [0.25, 0.3) is 0 Å². The van der Waals surface area contributed by atoms with Crippen molar-refractivity contribution in [2.24, 2.45) is 0 Å². The van der Waals surface area contributed by atoms with Crippen molar-refractivity contribution in [2.45, 2.75) is 37.6 Å². The number of carboxylic acid groups (broad SMARTS) is 1. The molecule has 4 rings (SSSR count). The smallest absolute Gasteiger partial charge is 0.303 e. The van der Waals surface area contributed by atoms with Crippen molar-refractivity contribution in [3.8, 4) is 0 Å². The largest absolute Gasteiger partial charge is 0.481 e. The normalized spacial score (nSPS) is 11.7. The van der Waals surface area contributed by atoms with Gasteiger partial charge in [-0.1, -0.05) is 12.1 Å². The van der Waals surface area contributed by atoms with E-state index in [-0.39, 0.29) is 17.9 Å². The highest BCUT2D eigenvalue weighted by atomic mass is 32.2. The number of sulfonamides is 1. The Bertz CT molecular complexity index is 1450. The van der Waals surface area contributed by atoms with Gasteiger partial charge < -0.3 is 9.67 Å². The number of aryl methyl sites for hydroxylation is 1. The molecular formula is C26H26FN3O4S. The summed E-state index contributed by atoms with van der Waals surface area (Å²) in [7, 11) is -3.77. The van der Waals surface area contributed by atoms with Gasteiger partial charge in [0.1, 0.15) is 5.82 Å². The first kappa shape index (κ1) is 24.6. The van der Waals surface area contributed by atoms with Gasteiger partial charge in [0.2, 0.25) is 10.0 Å². The molecule has 2 aromatic carbocycles. The molecule has 0 radical (unpaired) electrons. The van der Waals surface area contributed by atoms with Gasteiger partial charge in [-0.25, -0.2) is 17.5 Å². The van der Waals surface area contributed by atoms with E-state index in [0.717, 1.165) is 45.4 Å². The molecule has 0 aliphatic carbocycles. The molecular weight excluding hydrogens is 469 g/mol. The van der Waals surface area contributed by atoms with Crippen LogP contribution in [0.3, 0.4) is 0 Å². The minimum Gasteiger partial charge on any atom is -0.481 e. The number of hydrogen-bond donors (Lipinski definition) is 2. The third-order valence-corrected chi connectivity index (χ3v) is 7.48. The Hall–Kier alpha value is -3.56. The summed E-state index contributed by atoms with van der Waals surface area (Å²) < 4.78 is 43.0.